The van der Waals surface area contributed by atoms with Gasteiger partial charge in [0.2, 0.25) is 11.8 Å². The fraction of sp³-hybridized carbons (Fsp3) is 0.500. The summed E-state index contributed by atoms with van der Waals surface area (Å²) in [4.78, 5) is 40.8. The van der Waals surface area contributed by atoms with E-state index in [-0.39, 0.29) is 31.1 Å². The van der Waals surface area contributed by atoms with Gasteiger partial charge in [0.05, 0.1) is 6.61 Å². The van der Waals surface area contributed by atoms with Crippen LogP contribution in [0.1, 0.15) is 50.8 Å². The Balaban J connectivity index is 2.40. The molecule has 4 N–H and O–H groups in total. The average Bonchev–Trinajstić information content (AvgIpc) is 3.05. The molecule has 0 saturated heterocycles. The van der Waals surface area contributed by atoms with Crippen molar-refractivity contribution in [2.45, 2.75) is 58.6 Å². The Labute approximate surface area is 186 Å². The number of aryl methyl sites for hydroxylation is 1. The molecule has 2 aromatic rings. The third-order valence-corrected chi connectivity index (χ3v) is 5.11. The molecule has 32 heavy (non-hydrogen) atoms. The van der Waals surface area contributed by atoms with Crippen molar-refractivity contribution in [2.24, 2.45) is 5.92 Å². The van der Waals surface area contributed by atoms with Gasteiger partial charge < -0.3 is 14.8 Å². The third kappa shape index (κ3) is 6.44. The molecule has 1 aromatic heterocycles. The minimum Gasteiger partial charge on any atom is -0.492 e. The number of hydrogen-bond acceptors (Lipinski definition) is 6. The maximum Gasteiger partial charge on any atom is 0.348 e. The number of benzene rings is 1. The average molecular weight is 449 g/mol. The molecule has 0 fully saturated rings. The van der Waals surface area contributed by atoms with Gasteiger partial charge in [-0.2, -0.15) is 4.68 Å². The summed E-state index contributed by atoms with van der Waals surface area (Å²) in [5.41, 5.74) is 1.93. The third-order valence-electron chi connectivity index (χ3n) is 5.11. The monoisotopic (exact) mass is 448 g/mol. The van der Waals surface area contributed by atoms with Gasteiger partial charge in [-0.3, -0.25) is 14.8 Å². The van der Waals surface area contributed by atoms with Crippen molar-refractivity contribution in [3.05, 3.63) is 52.1 Å². The molecule has 0 saturated carbocycles. The lowest BCUT2D eigenvalue weighted by atomic mass is 10.0. The lowest BCUT2D eigenvalue weighted by Gasteiger charge is -2.30. The van der Waals surface area contributed by atoms with Gasteiger partial charge >= 0.3 is 5.69 Å². The van der Waals surface area contributed by atoms with Crippen LogP contribution in [-0.4, -0.2) is 44.9 Å². The van der Waals surface area contributed by atoms with Crippen molar-refractivity contribution < 1.29 is 24.6 Å². The molecular formula is C22H32N4O6. The number of H-pyrrole nitrogens is 1. The molecule has 10 heteroatoms. The van der Waals surface area contributed by atoms with E-state index in [0.29, 0.717) is 19.3 Å². The van der Waals surface area contributed by atoms with Crippen LogP contribution in [0.2, 0.25) is 0 Å². The number of methoxy groups -OCH3 is 1. The van der Waals surface area contributed by atoms with Crippen LogP contribution in [0.15, 0.2) is 35.1 Å². The second-order valence-corrected chi connectivity index (χ2v) is 8.02. The quantitative estimate of drug-likeness (QED) is 0.289. The van der Waals surface area contributed by atoms with E-state index in [9.17, 15) is 24.7 Å². The number of aromatic amines is 1. The summed E-state index contributed by atoms with van der Waals surface area (Å²) in [6.45, 7) is 3.81. The Morgan fingerprint density at radius 3 is 2.50 bits per heavy atom. The van der Waals surface area contributed by atoms with E-state index in [2.05, 4.69) is 4.98 Å². The highest BCUT2D eigenvalue weighted by atomic mass is 16.5. The van der Waals surface area contributed by atoms with Gasteiger partial charge in [-0.15, -0.1) is 0 Å². The van der Waals surface area contributed by atoms with E-state index < -0.39 is 29.4 Å². The number of aromatic nitrogens is 2. The number of nitrogens with zero attached hydrogens (tertiary/aromatic N) is 2. The van der Waals surface area contributed by atoms with E-state index >= 15 is 0 Å². The number of carbonyl (C=O) groups is 2. The fourth-order valence-corrected chi connectivity index (χ4v) is 3.44. The molecule has 0 radical (unpaired) electrons. The first-order valence-electron chi connectivity index (χ1n) is 10.6. The molecule has 0 bridgehead atoms. The van der Waals surface area contributed by atoms with Crippen LogP contribution in [0.4, 0.5) is 0 Å². The second-order valence-electron chi connectivity index (χ2n) is 8.02. The van der Waals surface area contributed by atoms with E-state index in [1.807, 2.05) is 44.2 Å². The maximum absolute atomic E-state index is 13.2. The zero-order chi connectivity index (χ0) is 23.7. The molecule has 1 heterocycles. The number of carbonyl (C=O) groups excluding carboxylic acids is 2. The molecule has 0 aliphatic heterocycles. The highest BCUT2D eigenvalue weighted by Crippen LogP contribution is 2.20. The van der Waals surface area contributed by atoms with Crippen LogP contribution in [0, 0.1) is 5.92 Å². The summed E-state index contributed by atoms with van der Waals surface area (Å²) in [7, 11) is 1.40. The molecule has 2 rings (SSSR count). The first-order valence-corrected chi connectivity index (χ1v) is 10.6. The molecule has 0 spiro atoms. The normalized spacial score (nSPS) is 12.0. The van der Waals surface area contributed by atoms with E-state index in [4.69, 9.17) is 4.74 Å². The first kappa shape index (κ1) is 25.2. The highest BCUT2D eigenvalue weighted by molar-refractivity contribution is 5.94. The van der Waals surface area contributed by atoms with Gasteiger partial charge in [0, 0.05) is 13.5 Å². The number of imidazole rings is 1. The number of nitrogens with one attached hydrogen (secondary N) is 2. The Morgan fingerprint density at radius 2 is 1.91 bits per heavy atom. The molecule has 0 aliphatic rings. The second kappa shape index (κ2) is 12.1. The van der Waals surface area contributed by atoms with Crippen molar-refractivity contribution in [3.8, 4) is 5.88 Å². The molecule has 176 valence electrons. The smallest absolute Gasteiger partial charge is 0.348 e. The van der Waals surface area contributed by atoms with Gasteiger partial charge in [0.1, 0.15) is 11.7 Å². The number of rotatable bonds is 12. The molecule has 1 aromatic carbocycles. The molecule has 10 nitrogen and oxygen atoms in total. The first-order chi connectivity index (χ1) is 15.3. The van der Waals surface area contributed by atoms with Crippen molar-refractivity contribution in [3.63, 3.8) is 0 Å². The van der Waals surface area contributed by atoms with Crippen LogP contribution in [0.25, 0.3) is 0 Å². The van der Waals surface area contributed by atoms with Crippen LogP contribution in [-0.2, 0) is 27.4 Å². The lowest BCUT2D eigenvalue weighted by Crippen LogP contribution is -2.57. The van der Waals surface area contributed by atoms with E-state index in [1.54, 1.807) is 5.48 Å². The summed E-state index contributed by atoms with van der Waals surface area (Å²) in [5.74, 6) is -1.68. The molecule has 1 atom stereocenters. The van der Waals surface area contributed by atoms with Gasteiger partial charge in [-0.1, -0.05) is 44.2 Å². The number of ether oxygens (including phenoxy) is 1. The van der Waals surface area contributed by atoms with E-state index in [0.717, 1.165) is 15.2 Å². The summed E-state index contributed by atoms with van der Waals surface area (Å²) in [5, 5.41) is 20.9. The van der Waals surface area contributed by atoms with Crippen molar-refractivity contribution in [2.75, 3.05) is 12.1 Å². The van der Waals surface area contributed by atoms with Crippen LogP contribution in [0.5, 0.6) is 5.88 Å². The van der Waals surface area contributed by atoms with Crippen LogP contribution in [0.3, 0.4) is 0 Å². The zero-order valence-corrected chi connectivity index (χ0v) is 18.7. The van der Waals surface area contributed by atoms with Crippen molar-refractivity contribution in [1.82, 2.24) is 15.1 Å². The Hall–Kier alpha value is -3.11. The van der Waals surface area contributed by atoms with Crippen molar-refractivity contribution >= 4 is 11.8 Å². The Bertz CT molecular complexity index is 938. The van der Waals surface area contributed by atoms with Crippen LogP contribution < -0.4 is 16.2 Å². The van der Waals surface area contributed by atoms with Gasteiger partial charge in [-0.25, -0.2) is 15.3 Å². The Kier molecular flexibility index (Phi) is 9.48. The largest absolute Gasteiger partial charge is 0.492 e. The zero-order valence-electron chi connectivity index (χ0n) is 18.7. The fourth-order valence-electron chi connectivity index (χ4n) is 3.44. The van der Waals surface area contributed by atoms with E-state index in [1.165, 1.54) is 7.11 Å². The molecule has 0 aliphatic carbocycles. The van der Waals surface area contributed by atoms with Gasteiger partial charge in [-0.05, 0) is 37.2 Å². The number of hydrogen-bond donors (Lipinski definition) is 4. The Morgan fingerprint density at radius 1 is 1.22 bits per heavy atom. The number of aromatic hydroxyl groups is 1. The standard InChI is InChI=1S/C22H32N4O6/c1-15(2)12-13-19(27)25(26-21(29)17(14-32-3)23-22(26)30)18(20(28)24-31)11-7-10-16-8-5-4-6-9-16/h4-6,8-9,15,18,29,31H,7,10-14H2,1-3H3,(H,23,30)(H,24,28)/t18-/m0/s1. The summed E-state index contributed by atoms with van der Waals surface area (Å²) in [6.07, 6.45) is 1.87. The lowest BCUT2D eigenvalue weighted by molar-refractivity contribution is -0.134. The predicted octanol–water partition coefficient (Wildman–Crippen LogP) is 1.83. The SMILES string of the molecule is COCc1[nH]c(=O)n(N(C(=O)CCC(C)C)[C@@H](CCCc2ccccc2)C(=O)NO)c1O. The molecule has 0 unspecified atom stereocenters. The molecular weight excluding hydrogens is 416 g/mol. The topological polar surface area (TPSA) is 137 Å². The summed E-state index contributed by atoms with van der Waals surface area (Å²) < 4.78 is 5.72. The highest BCUT2D eigenvalue weighted by Gasteiger charge is 2.34. The maximum atomic E-state index is 13.2. The van der Waals surface area contributed by atoms with Gasteiger partial charge in [0.15, 0.2) is 0 Å². The predicted molar refractivity (Wildman–Crippen MR) is 118 cm³/mol. The minimum absolute atomic E-state index is 0.0578. The summed E-state index contributed by atoms with van der Waals surface area (Å²) in [6, 6.07) is 8.41. The number of hydroxylamine groups is 1. The van der Waals surface area contributed by atoms with Crippen molar-refractivity contribution in [1.29, 1.82) is 0 Å². The van der Waals surface area contributed by atoms with Gasteiger partial charge in [0.25, 0.3) is 5.91 Å². The molecule has 2 amide bonds. The minimum atomic E-state index is -1.21. The summed E-state index contributed by atoms with van der Waals surface area (Å²) >= 11 is 0. The number of amides is 2. The van der Waals surface area contributed by atoms with Crippen LogP contribution >= 0.6 is 0 Å².